The van der Waals surface area contributed by atoms with E-state index in [1.807, 2.05) is 64.7 Å². The van der Waals surface area contributed by atoms with Crippen LogP contribution in [0, 0.1) is 0 Å². The summed E-state index contributed by atoms with van der Waals surface area (Å²) < 4.78 is 1.94. The summed E-state index contributed by atoms with van der Waals surface area (Å²) >= 11 is 2.87. The summed E-state index contributed by atoms with van der Waals surface area (Å²) in [5, 5.41) is 11.2. The maximum atomic E-state index is 12.0. The number of hydrogen-bond donors (Lipinski definition) is 0. The third-order valence-electron chi connectivity index (χ3n) is 3.75. The minimum atomic E-state index is 0.117. The standard InChI is InChI=1S/C19H14N4OS2/c24-17(18-2-1-11-25-18)12-26-19-8-7-16(21-22-19)14-3-5-15(6-4-14)23-10-9-20-13-23/h1-11,13H,12H2. The van der Waals surface area contributed by atoms with Gasteiger partial charge in [0.2, 0.25) is 0 Å². The number of carbonyl (C=O) groups excluding carboxylic acids is 1. The molecule has 0 saturated carbocycles. The lowest BCUT2D eigenvalue weighted by atomic mass is 10.1. The third-order valence-corrected chi connectivity index (χ3v) is 5.58. The van der Waals surface area contributed by atoms with E-state index in [0.29, 0.717) is 5.75 Å². The van der Waals surface area contributed by atoms with Gasteiger partial charge in [0, 0.05) is 23.6 Å². The van der Waals surface area contributed by atoms with Crippen LogP contribution in [0.25, 0.3) is 16.9 Å². The van der Waals surface area contributed by atoms with E-state index in [1.165, 1.54) is 23.1 Å². The van der Waals surface area contributed by atoms with E-state index in [9.17, 15) is 4.79 Å². The maximum absolute atomic E-state index is 12.0. The van der Waals surface area contributed by atoms with E-state index < -0.39 is 0 Å². The first-order valence-electron chi connectivity index (χ1n) is 7.91. The van der Waals surface area contributed by atoms with Crippen molar-refractivity contribution >= 4 is 28.9 Å². The van der Waals surface area contributed by atoms with E-state index in [0.717, 1.165) is 26.8 Å². The van der Waals surface area contributed by atoms with Crippen molar-refractivity contribution in [2.45, 2.75) is 5.03 Å². The summed E-state index contributed by atoms with van der Waals surface area (Å²) in [6.07, 6.45) is 5.41. The lowest BCUT2D eigenvalue weighted by molar-refractivity contribution is 0.102. The maximum Gasteiger partial charge on any atom is 0.183 e. The monoisotopic (exact) mass is 378 g/mol. The Morgan fingerprint density at radius 2 is 1.96 bits per heavy atom. The van der Waals surface area contributed by atoms with Gasteiger partial charge in [0.15, 0.2) is 5.78 Å². The molecule has 7 heteroatoms. The second kappa shape index (κ2) is 7.63. The number of benzene rings is 1. The van der Waals surface area contributed by atoms with Crippen LogP contribution in [-0.2, 0) is 0 Å². The molecular formula is C19H14N4OS2. The Morgan fingerprint density at radius 3 is 2.62 bits per heavy atom. The van der Waals surface area contributed by atoms with E-state index >= 15 is 0 Å². The van der Waals surface area contributed by atoms with Gasteiger partial charge in [0.05, 0.1) is 22.7 Å². The molecule has 0 saturated heterocycles. The Balaban J connectivity index is 1.42. The van der Waals surface area contributed by atoms with E-state index in [2.05, 4.69) is 15.2 Å². The summed E-state index contributed by atoms with van der Waals surface area (Å²) in [6.45, 7) is 0. The molecule has 0 aliphatic rings. The van der Waals surface area contributed by atoms with Gasteiger partial charge in [-0.05, 0) is 35.7 Å². The highest BCUT2D eigenvalue weighted by molar-refractivity contribution is 7.99. The van der Waals surface area contributed by atoms with Gasteiger partial charge in [-0.25, -0.2) is 4.98 Å². The van der Waals surface area contributed by atoms with Gasteiger partial charge in [0.25, 0.3) is 0 Å². The van der Waals surface area contributed by atoms with Crippen LogP contribution in [0.5, 0.6) is 0 Å². The van der Waals surface area contributed by atoms with Crippen LogP contribution in [-0.4, -0.2) is 31.3 Å². The molecule has 0 N–H and O–H groups in total. The number of thioether (sulfide) groups is 1. The van der Waals surface area contributed by atoms with Crippen LogP contribution in [0.1, 0.15) is 9.67 Å². The quantitative estimate of drug-likeness (QED) is 0.368. The predicted octanol–water partition coefficient (Wildman–Crippen LogP) is 4.37. The molecule has 0 radical (unpaired) electrons. The fourth-order valence-electron chi connectivity index (χ4n) is 2.41. The van der Waals surface area contributed by atoms with Crippen LogP contribution in [0.2, 0.25) is 0 Å². The zero-order chi connectivity index (χ0) is 17.8. The van der Waals surface area contributed by atoms with Crippen molar-refractivity contribution in [2.24, 2.45) is 0 Å². The van der Waals surface area contributed by atoms with Crippen LogP contribution in [0.4, 0.5) is 0 Å². The minimum absolute atomic E-state index is 0.117. The van der Waals surface area contributed by atoms with Gasteiger partial charge < -0.3 is 4.57 Å². The van der Waals surface area contributed by atoms with E-state index in [4.69, 9.17) is 0 Å². The molecule has 3 heterocycles. The Morgan fingerprint density at radius 1 is 1.08 bits per heavy atom. The number of hydrogen-bond acceptors (Lipinski definition) is 6. The Bertz CT molecular complexity index is 979. The second-order valence-corrected chi connectivity index (χ2v) is 7.41. The molecule has 4 rings (SSSR count). The predicted molar refractivity (Wildman–Crippen MR) is 104 cm³/mol. The van der Waals surface area contributed by atoms with Crippen molar-refractivity contribution in [2.75, 3.05) is 5.75 Å². The number of Topliss-reactive ketones (excluding diaryl/α,β-unsaturated/α-hetero) is 1. The molecule has 5 nitrogen and oxygen atoms in total. The first-order chi connectivity index (χ1) is 12.8. The first kappa shape index (κ1) is 16.7. The molecule has 0 bridgehead atoms. The number of aromatic nitrogens is 4. The summed E-state index contributed by atoms with van der Waals surface area (Å²) in [4.78, 5) is 16.9. The van der Waals surface area contributed by atoms with Crippen molar-refractivity contribution < 1.29 is 4.79 Å². The summed E-state index contributed by atoms with van der Waals surface area (Å²) in [5.41, 5.74) is 2.84. The van der Waals surface area contributed by atoms with Crippen molar-refractivity contribution in [1.82, 2.24) is 19.7 Å². The highest BCUT2D eigenvalue weighted by atomic mass is 32.2. The Hall–Kier alpha value is -2.77. The van der Waals surface area contributed by atoms with Gasteiger partial charge in [0.1, 0.15) is 5.03 Å². The molecule has 4 aromatic rings. The van der Waals surface area contributed by atoms with Gasteiger partial charge in [-0.2, -0.15) is 0 Å². The molecule has 0 fully saturated rings. The van der Waals surface area contributed by atoms with E-state index in [-0.39, 0.29) is 5.78 Å². The number of ketones is 1. The minimum Gasteiger partial charge on any atom is -0.306 e. The van der Waals surface area contributed by atoms with Crippen molar-refractivity contribution in [3.05, 3.63) is 77.5 Å². The van der Waals surface area contributed by atoms with Crippen LogP contribution in [0.15, 0.2) is 77.7 Å². The summed E-state index contributed by atoms with van der Waals surface area (Å²) in [5.74, 6) is 0.486. The molecule has 0 atom stereocenters. The van der Waals surface area contributed by atoms with Crippen LogP contribution >= 0.6 is 23.1 Å². The topological polar surface area (TPSA) is 60.7 Å². The molecule has 0 amide bonds. The van der Waals surface area contributed by atoms with Crippen LogP contribution < -0.4 is 0 Å². The molecule has 0 aliphatic carbocycles. The van der Waals surface area contributed by atoms with Gasteiger partial charge in [-0.3, -0.25) is 4.79 Å². The highest BCUT2D eigenvalue weighted by Gasteiger charge is 2.09. The number of rotatable bonds is 6. The smallest absolute Gasteiger partial charge is 0.183 e. The average Bonchev–Trinajstić information content (AvgIpc) is 3.41. The fraction of sp³-hybridized carbons (Fsp3) is 0.0526. The van der Waals surface area contributed by atoms with Crippen molar-refractivity contribution in [3.8, 4) is 16.9 Å². The molecule has 26 heavy (non-hydrogen) atoms. The highest BCUT2D eigenvalue weighted by Crippen LogP contribution is 2.22. The largest absolute Gasteiger partial charge is 0.306 e. The van der Waals surface area contributed by atoms with Crippen molar-refractivity contribution in [3.63, 3.8) is 0 Å². The lowest BCUT2D eigenvalue weighted by Gasteiger charge is -2.05. The van der Waals surface area contributed by atoms with Crippen LogP contribution in [0.3, 0.4) is 0 Å². The van der Waals surface area contributed by atoms with Gasteiger partial charge >= 0.3 is 0 Å². The number of nitrogens with zero attached hydrogens (tertiary/aromatic N) is 4. The van der Waals surface area contributed by atoms with Gasteiger partial charge in [-0.15, -0.1) is 21.5 Å². The Kier molecular flexibility index (Phi) is 4.90. The lowest BCUT2D eigenvalue weighted by Crippen LogP contribution is -2.00. The molecular weight excluding hydrogens is 364 g/mol. The molecule has 0 aliphatic heterocycles. The fourth-order valence-corrected chi connectivity index (χ4v) is 3.87. The SMILES string of the molecule is O=C(CSc1ccc(-c2ccc(-n3ccnc3)cc2)nn1)c1cccs1. The zero-order valence-corrected chi connectivity index (χ0v) is 15.3. The third kappa shape index (κ3) is 3.74. The summed E-state index contributed by atoms with van der Waals surface area (Å²) in [7, 11) is 0. The normalized spacial score (nSPS) is 10.8. The van der Waals surface area contributed by atoms with E-state index in [1.54, 1.807) is 12.5 Å². The number of carbonyl (C=O) groups is 1. The molecule has 0 spiro atoms. The number of imidazole rings is 1. The average molecular weight is 378 g/mol. The molecule has 3 aromatic heterocycles. The van der Waals surface area contributed by atoms with Crippen molar-refractivity contribution in [1.29, 1.82) is 0 Å². The molecule has 128 valence electrons. The summed E-state index contributed by atoms with van der Waals surface area (Å²) in [6, 6.07) is 15.6. The molecule has 0 unspecified atom stereocenters. The second-order valence-electron chi connectivity index (χ2n) is 5.46. The first-order valence-corrected chi connectivity index (χ1v) is 9.78. The zero-order valence-electron chi connectivity index (χ0n) is 13.6. The number of thiophene rings is 1. The Labute approximate surface area is 158 Å². The molecule has 1 aromatic carbocycles. The van der Waals surface area contributed by atoms with Gasteiger partial charge in [-0.1, -0.05) is 30.0 Å².